The normalized spacial score (nSPS) is 14.2. The molecule has 1 atom stereocenters. The highest BCUT2D eigenvalue weighted by Gasteiger charge is 2.27. The van der Waals surface area contributed by atoms with Crippen molar-refractivity contribution in [1.29, 1.82) is 0 Å². The van der Waals surface area contributed by atoms with Crippen molar-refractivity contribution in [2.45, 2.75) is 58.2 Å². The van der Waals surface area contributed by atoms with Crippen LogP contribution in [0.3, 0.4) is 0 Å². The lowest BCUT2D eigenvalue weighted by Gasteiger charge is -2.25. The van der Waals surface area contributed by atoms with E-state index in [4.69, 9.17) is 0 Å². The lowest BCUT2D eigenvalue weighted by molar-refractivity contribution is 0.271. The molecule has 1 aromatic rings. The Morgan fingerprint density at radius 3 is 2.35 bits per heavy atom. The van der Waals surface area contributed by atoms with E-state index in [0.29, 0.717) is 18.2 Å². The van der Waals surface area contributed by atoms with Crippen molar-refractivity contribution in [3.63, 3.8) is 0 Å². The van der Waals surface area contributed by atoms with Crippen LogP contribution in [-0.2, 0) is 23.2 Å². The molecule has 6 heteroatoms. The lowest BCUT2D eigenvalue weighted by atomic mass is 10.1. The van der Waals surface area contributed by atoms with E-state index in [2.05, 4.69) is 13.8 Å². The summed E-state index contributed by atoms with van der Waals surface area (Å²) in [4.78, 5) is 0.251. The van der Waals surface area contributed by atoms with Crippen molar-refractivity contribution >= 4 is 10.0 Å². The molecular formula is C14H26N2O3S. The van der Waals surface area contributed by atoms with Crippen molar-refractivity contribution in [1.82, 2.24) is 8.87 Å². The zero-order valence-corrected chi connectivity index (χ0v) is 13.8. The maximum absolute atomic E-state index is 12.6. The van der Waals surface area contributed by atoms with Gasteiger partial charge in [0, 0.05) is 31.5 Å². The first-order valence-electron chi connectivity index (χ1n) is 7.01. The van der Waals surface area contributed by atoms with E-state index in [1.165, 1.54) is 4.31 Å². The van der Waals surface area contributed by atoms with Crippen molar-refractivity contribution in [2.24, 2.45) is 5.92 Å². The van der Waals surface area contributed by atoms with Gasteiger partial charge in [-0.25, -0.2) is 8.42 Å². The van der Waals surface area contributed by atoms with Crippen molar-refractivity contribution in [3.8, 4) is 0 Å². The monoisotopic (exact) mass is 302 g/mol. The second-order valence-corrected chi connectivity index (χ2v) is 7.61. The summed E-state index contributed by atoms with van der Waals surface area (Å²) in [5.41, 5.74) is 0.621. The number of aryl methyl sites for hydroxylation is 1. The molecule has 1 rings (SSSR count). The van der Waals surface area contributed by atoms with E-state index in [1.54, 1.807) is 23.9 Å². The van der Waals surface area contributed by atoms with Crippen molar-refractivity contribution in [3.05, 3.63) is 18.0 Å². The van der Waals surface area contributed by atoms with Gasteiger partial charge in [-0.3, -0.25) is 0 Å². The van der Waals surface area contributed by atoms with Crippen LogP contribution in [0, 0.1) is 5.92 Å². The summed E-state index contributed by atoms with van der Waals surface area (Å²) in [6.45, 7) is 8.47. The number of aromatic nitrogens is 1. The summed E-state index contributed by atoms with van der Waals surface area (Å²) < 4.78 is 28.3. The Hall–Kier alpha value is -0.850. The minimum absolute atomic E-state index is 0.0532. The second-order valence-electron chi connectivity index (χ2n) is 5.61. The van der Waals surface area contributed by atoms with E-state index >= 15 is 0 Å². The summed E-state index contributed by atoms with van der Waals surface area (Å²) in [6, 6.07) is 1.50. The van der Waals surface area contributed by atoms with Crippen LogP contribution < -0.4 is 0 Å². The molecule has 0 aromatic carbocycles. The van der Waals surface area contributed by atoms with Gasteiger partial charge < -0.3 is 9.67 Å². The first-order chi connectivity index (χ1) is 9.23. The zero-order chi connectivity index (χ0) is 15.5. The molecule has 0 saturated carbocycles. The van der Waals surface area contributed by atoms with Crippen LogP contribution in [0.1, 0.15) is 39.8 Å². The third-order valence-electron chi connectivity index (χ3n) is 3.57. The molecule has 0 spiro atoms. The summed E-state index contributed by atoms with van der Waals surface area (Å²) in [6.07, 6.45) is 2.41. The molecule has 0 radical (unpaired) electrons. The Labute approximate surface area is 122 Å². The van der Waals surface area contributed by atoms with E-state index in [0.717, 1.165) is 6.42 Å². The minimum atomic E-state index is -3.50. The molecule has 5 nitrogen and oxygen atoms in total. The van der Waals surface area contributed by atoms with Gasteiger partial charge in [0.05, 0.1) is 6.61 Å². The Morgan fingerprint density at radius 1 is 1.35 bits per heavy atom. The molecule has 0 aliphatic rings. The topological polar surface area (TPSA) is 62.5 Å². The third-order valence-corrected chi connectivity index (χ3v) is 5.51. The van der Waals surface area contributed by atoms with Crippen LogP contribution >= 0.6 is 0 Å². The number of aliphatic hydroxyl groups is 1. The fraction of sp³-hybridized carbons (Fsp3) is 0.714. The second kappa shape index (κ2) is 6.74. The summed E-state index contributed by atoms with van der Waals surface area (Å²) in [5, 5.41) is 9.27. The summed E-state index contributed by atoms with van der Waals surface area (Å²) in [5.74, 6) is 0.441. The fourth-order valence-electron chi connectivity index (χ4n) is 2.33. The highest BCUT2D eigenvalue weighted by Crippen LogP contribution is 2.22. The Morgan fingerprint density at radius 2 is 1.95 bits per heavy atom. The zero-order valence-electron chi connectivity index (χ0n) is 13.0. The number of aliphatic hydroxyl groups excluding tert-OH is 1. The summed E-state index contributed by atoms with van der Waals surface area (Å²) >= 11 is 0. The Bertz CT molecular complexity index is 513. The molecular weight excluding hydrogens is 276 g/mol. The van der Waals surface area contributed by atoms with Crippen LogP contribution in [0.2, 0.25) is 0 Å². The van der Waals surface area contributed by atoms with Crippen molar-refractivity contribution in [2.75, 3.05) is 7.05 Å². The van der Waals surface area contributed by atoms with Crippen LogP contribution in [-0.4, -0.2) is 35.5 Å². The predicted molar refractivity (Wildman–Crippen MR) is 79.9 cm³/mol. The van der Waals surface area contributed by atoms with Gasteiger partial charge >= 0.3 is 0 Å². The van der Waals surface area contributed by atoms with Gasteiger partial charge in [-0.05, 0) is 32.3 Å². The maximum Gasteiger partial charge on any atom is 0.244 e. The van der Waals surface area contributed by atoms with Gasteiger partial charge in [0.1, 0.15) is 4.90 Å². The number of hydrogen-bond acceptors (Lipinski definition) is 3. The molecule has 0 fully saturated rings. The molecule has 116 valence electrons. The Kier molecular flexibility index (Phi) is 5.79. The molecule has 1 N–H and O–H groups in total. The van der Waals surface area contributed by atoms with Crippen LogP contribution in [0.4, 0.5) is 0 Å². The minimum Gasteiger partial charge on any atom is -0.390 e. The van der Waals surface area contributed by atoms with Gasteiger partial charge in [-0.15, -0.1) is 0 Å². The van der Waals surface area contributed by atoms with Crippen LogP contribution in [0.5, 0.6) is 0 Å². The van der Waals surface area contributed by atoms with Crippen LogP contribution in [0.15, 0.2) is 17.2 Å². The Balaban J connectivity index is 3.06. The quantitative estimate of drug-likeness (QED) is 0.838. The van der Waals surface area contributed by atoms with Crippen LogP contribution in [0.25, 0.3) is 0 Å². The van der Waals surface area contributed by atoms with E-state index in [1.807, 2.05) is 13.8 Å². The maximum atomic E-state index is 12.6. The molecule has 1 unspecified atom stereocenters. The van der Waals surface area contributed by atoms with E-state index in [9.17, 15) is 13.5 Å². The predicted octanol–water partition coefficient (Wildman–Crippen LogP) is 2.06. The first kappa shape index (κ1) is 17.2. The average molecular weight is 302 g/mol. The average Bonchev–Trinajstić information content (AvgIpc) is 2.80. The first-order valence-corrected chi connectivity index (χ1v) is 8.46. The van der Waals surface area contributed by atoms with Gasteiger partial charge in [0.25, 0.3) is 0 Å². The smallest absolute Gasteiger partial charge is 0.244 e. The number of hydrogen-bond donors (Lipinski definition) is 1. The molecule has 0 aliphatic heterocycles. The van der Waals surface area contributed by atoms with Gasteiger partial charge in [0.2, 0.25) is 10.0 Å². The highest BCUT2D eigenvalue weighted by atomic mass is 32.2. The number of rotatable bonds is 7. The molecule has 0 amide bonds. The third kappa shape index (κ3) is 3.62. The SMILES string of the molecule is CCn1cc(S(=O)(=O)N(C)C(C)CC(C)C)cc1CO. The standard InChI is InChI=1S/C14H26N2O3S/c1-6-16-9-14(8-13(16)10-17)20(18,19)15(5)12(4)7-11(2)3/h8-9,11-12,17H,6-7,10H2,1-5H3. The van der Waals surface area contributed by atoms with E-state index < -0.39 is 10.0 Å². The van der Waals surface area contributed by atoms with Gasteiger partial charge in [0.15, 0.2) is 0 Å². The van der Waals surface area contributed by atoms with Gasteiger partial charge in [-0.2, -0.15) is 4.31 Å². The molecule has 0 bridgehead atoms. The highest BCUT2D eigenvalue weighted by molar-refractivity contribution is 7.89. The number of sulfonamides is 1. The molecule has 0 aliphatic carbocycles. The summed E-state index contributed by atoms with van der Waals surface area (Å²) in [7, 11) is -1.89. The molecule has 1 aromatic heterocycles. The molecule has 1 heterocycles. The van der Waals surface area contributed by atoms with Gasteiger partial charge in [-0.1, -0.05) is 13.8 Å². The molecule has 20 heavy (non-hydrogen) atoms. The largest absolute Gasteiger partial charge is 0.390 e. The molecule has 0 saturated heterocycles. The number of nitrogens with zero attached hydrogens (tertiary/aromatic N) is 2. The fourth-order valence-corrected chi connectivity index (χ4v) is 3.76. The lowest BCUT2D eigenvalue weighted by Crippen LogP contribution is -2.35. The van der Waals surface area contributed by atoms with Crippen molar-refractivity contribution < 1.29 is 13.5 Å². The van der Waals surface area contributed by atoms with E-state index in [-0.39, 0.29) is 17.5 Å².